The van der Waals surface area contributed by atoms with E-state index >= 15 is 0 Å². The summed E-state index contributed by atoms with van der Waals surface area (Å²) in [5, 5.41) is 0. The van der Waals surface area contributed by atoms with Gasteiger partial charge in [0.15, 0.2) is 27.8 Å². The molecule has 234 valence electrons. The van der Waals surface area contributed by atoms with Crippen molar-refractivity contribution < 1.29 is 28.5 Å². The summed E-state index contributed by atoms with van der Waals surface area (Å²) in [6, 6.07) is 18.2. The predicted octanol–water partition coefficient (Wildman–Crippen LogP) is 5.56. The molecule has 0 aliphatic carbocycles. The zero-order valence-corrected chi connectivity index (χ0v) is 27.8. The largest absolute Gasteiger partial charge is 0.490 e. The lowest BCUT2D eigenvalue weighted by Crippen LogP contribution is -2.39. The summed E-state index contributed by atoms with van der Waals surface area (Å²) in [6.07, 6.45) is 3.24. The summed E-state index contributed by atoms with van der Waals surface area (Å²) in [7, 11) is 1.30. The number of nitrogens with zero attached hydrogens (tertiary/aromatic N) is 2. The number of halogens is 1. The van der Waals surface area contributed by atoms with E-state index in [2.05, 4.69) is 20.9 Å². The molecule has 0 N–H and O–H groups in total. The molecule has 0 radical (unpaired) electrons. The third kappa shape index (κ3) is 6.99. The van der Waals surface area contributed by atoms with E-state index in [4.69, 9.17) is 23.7 Å². The molecule has 0 bridgehead atoms. The molecule has 1 aromatic heterocycles. The number of rotatable bonds is 12. The molecule has 1 aliphatic rings. The Balaban J connectivity index is 1.58. The maximum atomic E-state index is 14.0. The third-order valence-electron chi connectivity index (χ3n) is 6.86. The number of aromatic nitrogens is 1. The molecule has 0 saturated carbocycles. The first-order valence-corrected chi connectivity index (χ1v) is 16.1. The zero-order valence-electron chi connectivity index (χ0n) is 25.4. The first-order valence-electron chi connectivity index (χ1n) is 14.5. The van der Waals surface area contributed by atoms with Crippen LogP contribution in [0.15, 0.2) is 86.7 Å². The summed E-state index contributed by atoms with van der Waals surface area (Å²) in [5.41, 5.74) is 2.33. The molecule has 5 rings (SSSR count). The van der Waals surface area contributed by atoms with Crippen LogP contribution in [-0.2, 0) is 16.1 Å². The molecule has 0 saturated heterocycles. The lowest BCUT2D eigenvalue weighted by Gasteiger charge is -2.23. The zero-order chi connectivity index (χ0) is 31.9. The number of hydrogen-bond donors (Lipinski definition) is 0. The van der Waals surface area contributed by atoms with E-state index in [0.29, 0.717) is 68.8 Å². The third-order valence-corrected chi connectivity index (χ3v) is 8.45. The smallest absolute Gasteiger partial charge is 0.337 e. The Labute approximate surface area is 273 Å². The highest BCUT2D eigenvalue weighted by molar-refractivity contribution is 9.10. The molecule has 0 fully saturated rings. The number of carbonyl (C=O) groups is 1. The maximum Gasteiger partial charge on any atom is 0.337 e. The van der Waals surface area contributed by atoms with Crippen molar-refractivity contribution in [3.63, 3.8) is 0 Å². The molecule has 2 heterocycles. The maximum absolute atomic E-state index is 14.0. The number of esters is 1. The van der Waals surface area contributed by atoms with E-state index in [9.17, 15) is 9.59 Å². The number of thiazole rings is 1. The highest BCUT2D eigenvalue weighted by Gasteiger charge is 2.31. The van der Waals surface area contributed by atoms with Crippen LogP contribution in [0.3, 0.4) is 0 Å². The van der Waals surface area contributed by atoms with E-state index < -0.39 is 12.0 Å². The molecule has 0 unspecified atom stereocenters. The highest BCUT2D eigenvalue weighted by Crippen LogP contribution is 2.38. The van der Waals surface area contributed by atoms with Crippen LogP contribution in [0.4, 0.5) is 0 Å². The molecule has 3 aromatic carbocycles. The molecular formula is C34H33BrN2O7S. The second-order valence-electron chi connectivity index (χ2n) is 9.79. The van der Waals surface area contributed by atoms with Gasteiger partial charge in [0.1, 0.15) is 6.61 Å². The second kappa shape index (κ2) is 14.6. The molecule has 11 heteroatoms. The van der Waals surface area contributed by atoms with Gasteiger partial charge >= 0.3 is 5.97 Å². The Morgan fingerprint density at radius 1 is 0.933 bits per heavy atom. The van der Waals surface area contributed by atoms with E-state index in [0.717, 1.165) is 11.1 Å². The summed E-state index contributed by atoms with van der Waals surface area (Å²) in [4.78, 5) is 31.9. The normalized spacial score (nSPS) is 14.2. The lowest BCUT2D eigenvalue weighted by molar-refractivity contribution is -0.136. The SMILES string of the molecule is CCOc1ccc([C@H]2C(C(=O)OC)=CN=c3s/c(=C\c4cc(Br)c(OCc5ccccc5)c(OCC)c4)c(=O)n32)cc1OCC. The van der Waals surface area contributed by atoms with Gasteiger partial charge in [0, 0.05) is 6.20 Å². The fourth-order valence-electron chi connectivity index (χ4n) is 4.94. The van der Waals surface area contributed by atoms with Crippen molar-refractivity contribution in [2.45, 2.75) is 33.4 Å². The highest BCUT2D eigenvalue weighted by atomic mass is 79.9. The van der Waals surface area contributed by atoms with Crippen molar-refractivity contribution in [1.29, 1.82) is 0 Å². The van der Waals surface area contributed by atoms with Crippen LogP contribution in [-0.4, -0.2) is 37.5 Å². The molecule has 0 spiro atoms. The van der Waals surface area contributed by atoms with E-state index in [1.165, 1.54) is 29.2 Å². The Kier molecular flexibility index (Phi) is 10.4. The quantitative estimate of drug-likeness (QED) is 0.180. The summed E-state index contributed by atoms with van der Waals surface area (Å²) in [5.74, 6) is 1.63. The molecule has 45 heavy (non-hydrogen) atoms. The summed E-state index contributed by atoms with van der Waals surface area (Å²) in [6.45, 7) is 7.35. The Bertz CT molecular complexity index is 1900. The lowest BCUT2D eigenvalue weighted by atomic mass is 9.97. The monoisotopic (exact) mass is 692 g/mol. The molecule has 0 amide bonds. The topological polar surface area (TPSA) is 97.6 Å². The van der Waals surface area contributed by atoms with Gasteiger partial charge in [0.25, 0.3) is 5.56 Å². The van der Waals surface area contributed by atoms with Gasteiger partial charge in [-0.2, -0.15) is 0 Å². The van der Waals surface area contributed by atoms with Gasteiger partial charge in [-0.15, -0.1) is 0 Å². The van der Waals surface area contributed by atoms with Gasteiger partial charge < -0.3 is 23.7 Å². The molecule has 1 aliphatic heterocycles. The average molecular weight is 694 g/mol. The average Bonchev–Trinajstić information content (AvgIpc) is 3.36. The van der Waals surface area contributed by atoms with Crippen LogP contribution in [0.25, 0.3) is 6.08 Å². The number of ether oxygens (including phenoxy) is 5. The van der Waals surface area contributed by atoms with Crippen molar-refractivity contribution in [2.75, 3.05) is 26.9 Å². The van der Waals surface area contributed by atoms with Crippen molar-refractivity contribution in [1.82, 2.24) is 4.57 Å². The van der Waals surface area contributed by atoms with Crippen molar-refractivity contribution in [3.8, 4) is 23.0 Å². The number of carbonyl (C=O) groups excluding carboxylic acids is 1. The number of methoxy groups -OCH3 is 1. The summed E-state index contributed by atoms with van der Waals surface area (Å²) >= 11 is 4.86. The van der Waals surface area contributed by atoms with Crippen LogP contribution in [0.5, 0.6) is 23.0 Å². The number of hydrogen-bond acceptors (Lipinski definition) is 9. The fourth-order valence-corrected chi connectivity index (χ4v) is 6.49. The van der Waals surface area contributed by atoms with Gasteiger partial charge in [-0.05, 0) is 83.7 Å². The van der Waals surface area contributed by atoms with Gasteiger partial charge in [0.05, 0.1) is 47.6 Å². The number of fused-ring (bicyclic) bond motifs is 1. The van der Waals surface area contributed by atoms with Crippen LogP contribution in [0, 0.1) is 0 Å². The van der Waals surface area contributed by atoms with Crippen LogP contribution in [0.1, 0.15) is 43.5 Å². The minimum atomic E-state index is -0.787. The van der Waals surface area contributed by atoms with Crippen LogP contribution < -0.4 is 33.8 Å². The standard InChI is InChI=1S/C34H33BrN2O7S/c1-5-41-26-14-13-23(18-27(26)42-6-2)30-24(33(39)40-4)19-36-34-37(30)32(38)29(45-34)17-22-15-25(35)31(28(16-22)43-7-3)44-20-21-11-9-8-10-12-21/h8-19,30H,5-7,20H2,1-4H3/b29-17-/t30-/m0/s1. The first kappa shape index (κ1) is 32.1. The van der Waals surface area contributed by atoms with Crippen molar-refractivity contribution in [3.05, 3.63) is 113 Å². The van der Waals surface area contributed by atoms with E-state index in [-0.39, 0.29) is 11.1 Å². The predicted molar refractivity (Wildman–Crippen MR) is 176 cm³/mol. The Morgan fingerprint density at radius 3 is 2.36 bits per heavy atom. The van der Waals surface area contributed by atoms with Crippen LogP contribution >= 0.6 is 27.3 Å². The van der Waals surface area contributed by atoms with Gasteiger partial charge in [-0.25, -0.2) is 9.79 Å². The fraction of sp³-hybridized carbons (Fsp3) is 0.265. The first-order chi connectivity index (χ1) is 21.9. The Hall–Kier alpha value is -4.35. The van der Waals surface area contributed by atoms with Crippen molar-refractivity contribution >= 4 is 39.3 Å². The second-order valence-corrected chi connectivity index (χ2v) is 11.6. The number of benzene rings is 3. The Morgan fingerprint density at radius 2 is 1.64 bits per heavy atom. The molecular weight excluding hydrogens is 660 g/mol. The van der Waals surface area contributed by atoms with E-state index in [1.807, 2.05) is 69.3 Å². The summed E-state index contributed by atoms with van der Waals surface area (Å²) < 4.78 is 31.3. The molecule has 1 atom stereocenters. The van der Waals surface area contributed by atoms with Crippen molar-refractivity contribution in [2.24, 2.45) is 4.99 Å². The van der Waals surface area contributed by atoms with Gasteiger partial charge in [-0.1, -0.05) is 47.7 Å². The minimum Gasteiger partial charge on any atom is -0.490 e. The van der Waals surface area contributed by atoms with E-state index in [1.54, 1.807) is 18.2 Å². The van der Waals surface area contributed by atoms with Gasteiger partial charge in [0.2, 0.25) is 0 Å². The minimum absolute atomic E-state index is 0.226. The molecule has 9 nitrogen and oxygen atoms in total. The van der Waals surface area contributed by atoms with Crippen LogP contribution in [0.2, 0.25) is 0 Å². The molecule has 4 aromatic rings. The van der Waals surface area contributed by atoms with Gasteiger partial charge in [-0.3, -0.25) is 9.36 Å².